The SMILES string of the molecule is COC(=O)c1ccc(Cl)c(Nc2cnnc(Nc3ccc(F)c(F)c3)n2)c1. The van der Waals surface area contributed by atoms with Gasteiger partial charge in [-0.3, -0.25) is 0 Å². The van der Waals surface area contributed by atoms with Crippen LogP contribution in [-0.4, -0.2) is 28.3 Å². The van der Waals surface area contributed by atoms with Gasteiger partial charge in [-0.2, -0.15) is 10.1 Å². The van der Waals surface area contributed by atoms with Crippen molar-refractivity contribution in [2.45, 2.75) is 0 Å². The summed E-state index contributed by atoms with van der Waals surface area (Å²) in [4.78, 5) is 15.8. The number of halogens is 3. The monoisotopic (exact) mass is 391 g/mol. The summed E-state index contributed by atoms with van der Waals surface area (Å²) >= 11 is 6.12. The standard InChI is InChI=1S/C17H12ClF2N5O2/c1-27-16(26)9-2-4-11(18)14(6-9)23-15-8-21-25-17(24-15)22-10-3-5-12(19)13(20)7-10/h2-8H,1H3,(H2,22,23,24,25). The van der Waals surface area contributed by atoms with E-state index in [1.165, 1.54) is 37.6 Å². The molecule has 1 heterocycles. The summed E-state index contributed by atoms with van der Waals surface area (Å²) in [6.45, 7) is 0. The highest BCUT2D eigenvalue weighted by atomic mass is 35.5. The lowest BCUT2D eigenvalue weighted by molar-refractivity contribution is 0.0601. The van der Waals surface area contributed by atoms with E-state index in [1.54, 1.807) is 0 Å². The molecular formula is C17H12ClF2N5O2. The van der Waals surface area contributed by atoms with E-state index in [4.69, 9.17) is 11.6 Å². The molecule has 0 fully saturated rings. The number of aromatic nitrogens is 3. The molecule has 138 valence electrons. The molecule has 0 spiro atoms. The molecule has 3 aromatic rings. The Labute approximate surface area is 157 Å². The van der Waals surface area contributed by atoms with E-state index in [0.717, 1.165) is 12.1 Å². The van der Waals surface area contributed by atoms with E-state index in [0.29, 0.717) is 16.3 Å². The minimum atomic E-state index is -1.01. The quantitative estimate of drug-likeness (QED) is 0.633. The first kappa shape index (κ1) is 18.5. The fourth-order valence-electron chi connectivity index (χ4n) is 2.12. The van der Waals surface area contributed by atoms with Gasteiger partial charge in [0.25, 0.3) is 0 Å². The molecular weight excluding hydrogens is 380 g/mol. The van der Waals surface area contributed by atoms with E-state index in [2.05, 4.69) is 30.6 Å². The van der Waals surface area contributed by atoms with Gasteiger partial charge in [0.05, 0.1) is 29.6 Å². The maximum Gasteiger partial charge on any atom is 0.337 e. The van der Waals surface area contributed by atoms with Gasteiger partial charge in [0.1, 0.15) is 0 Å². The van der Waals surface area contributed by atoms with Crippen molar-refractivity contribution in [1.29, 1.82) is 0 Å². The first-order valence-electron chi connectivity index (χ1n) is 7.53. The molecule has 27 heavy (non-hydrogen) atoms. The molecule has 10 heteroatoms. The van der Waals surface area contributed by atoms with E-state index >= 15 is 0 Å². The van der Waals surface area contributed by atoms with Crippen molar-refractivity contribution in [2.24, 2.45) is 0 Å². The smallest absolute Gasteiger partial charge is 0.337 e. The number of nitrogens with one attached hydrogen (secondary N) is 2. The molecule has 0 saturated carbocycles. The van der Waals surface area contributed by atoms with Crippen LogP contribution in [-0.2, 0) is 4.74 Å². The highest BCUT2D eigenvalue weighted by molar-refractivity contribution is 6.33. The summed E-state index contributed by atoms with van der Waals surface area (Å²) in [6.07, 6.45) is 1.33. The summed E-state index contributed by atoms with van der Waals surface area (Å²) in [5.41, 5.74) is 0.948. The average molecular weight is 392 g/mol. The van der Waals surface area contributed by atoms with Gasteiger partial charge in [0.15, 0.2) is 17.5 Å². The Morgan fingerprint density at radius 2 is 1.93 bits per heavy atom. The summed E-state index contributed by atoms with van der Waals surface area (Å²) in [7, 11) is 1.27. The largest absolute Gasteiger partial charge is 0.465 e. The summed E-state index contributed by atoms with van der Waals surface area (Å²) in [5, 5.41) is 13.5. The molecule has 0 aliphatic heterocycles. The second-order valence-corrected chi connectivity index (χ2v) is 5.64. The number of carbonyl (C=O) groups is 1. The number of nitrogens with zero attached hydrogens (tertiary/aromatic N) is 3. The van der Waals surface area contributed by atoms with E-state index in [9.17, 15) is 13.6 Å². The molecule has 0 atom stereocenters. The minimum absolute atomic E-state index is 0.0475. The van der Waals surface area contributed by atoms with Crippen molar-refractivity contribution < 1.29 is 18.3 Å². The maximum absolute atomic E-state index is 13.3. The molecule has 3 rings (SSSR count). The van der Waals surface area contributed by atoms with E-state index < -0.39 is 17.6 Å². The van der Waals surface area contributed by atoms with Crippen LogP contribution in [0.25, 0.3) is 0 Å². The Bertz CT molecular complexity index is 1000. The van der Waals surface area contributed by atoms with Crippen LogP contribution in [0, 0.1) is 11.6 Å². The lowest BCUT2D eigenvalue weighted by Crippen LogP contribution is -2.05. The fraction of sp³-hybridized carbons (Fsp3) is 0.0588. The van der Waals surface area contributed by atoms with Gasteiger partial charge >= 0.3 is 5.97 Å². The van der Waals surface area contributed by atoms with E-state index in [1.807, 2.05) is 0 Å². The molecule has 0 radical (unpaired) electrons. The highest BCUT2D eigenvalue weighted by Crippen LogP contribution is 2.26. The second-order valence-electron chi connectivity index (χ2n) is 5.23. The van der Waals surface area contributed by atoms with Crippen molar-refractivity contribution in [3.05, 3.63) is 64.8 Å². The lowest BCUT2D eigenvalue weighted by atomic mass is 10.2. The number of benzene rings is 2. The van der Waals surface area contributed by atoms with Crippen molar-refractivity contribution in [1.82, 2.24) is 15.2 Å². The molecule has 0 bridgehead atoms. The molecule has 0 aliphatic rings. The Balaban J connectivity index is 1.82. The molecule has 0 amide bonds. The van der Waals surface area contributed by atoms with Crippen LogP contribution in [0.4, 0.5) is 31.9 Å². The summed E-state index contributed by atoms with van der Waals surface area (Å²) in [6, 6.07) is 7.83. The van der Waals surface area contributed by atoms with Gasteiger partial charge < -0.3 is 15.4 Å². The average Bonchev–Trinajstić information content (AvgIpc) is 2.66. The number of methoxy groups -OCH3 is 1. The van der Waals surface area contributed by atoms with Crippen LogP contribution < -0.4 is 10.6 Å². The third kappa shape index (κ3) is 4.45. The zero-order valence-electron chi connectivity index (χ0n) is 13.8. The maximum atomic E-state index is 13.3. The molecule has 0 saturated heterocycles. The van der Waals surface area contributed by atoms with Gasteiger partial charge in [0.2, 0.25) is 5.95 Å². The summed E-state index contributed by atoms with van der Waals surface area (Å²) < 4.78 is 31.0. The molecule has 2 aromatic carbocycles. The predicted molar refractivity (Wildman–Crippen MR) is 95.5 cm³/mol. The Kier molecular flexibility index (Phi) is 5.41. The highest BCUT2D eigenvalue weighted by Gasteiger charge is 2.11. The zero-order valence-corrected chi connectivity index (χ0v) is 14.6. The van der Waals surface area contributed by atoms with E-state index in [-0.39, 0.29) is 17.5 Å². The Hall–Kier alpha value is -3.33. The number of hydrogen-bond donors (Lipinski definition) is 2. The molecule has 0 aliphatic carbocycles. The predicted octanol–water partition coefficient (Wildman–Crippen LogP) is 4.08. The third-order valence-corrected chi connectivity index (χ3v) is 3.71. The number of hydrogen-bond acceptors (Lipinski definition) is 7. The van der Waals surface area contributed by atoms with Crippen LogP contribution in [0.5, 0.6) is 0 Å². The van der Waals surface area contributed by atoms with Crippen LogP contribution in [0.2, 0.25) is 5.02 Å². The first-order chi connectivity index (χ1) is 13.0. The van der Waals surface area contributed by atoms with Crippen LogP contribution in [0.3, 0.4) is 0 Å². The van der Waals surface area contributed by atoms with Crippen molar-refractivity contribution in [3.8, 4) is 0 Å². The molecule has 0 unspecified atom stereocenters. The molecule has 2 N–H and O–H groups in total. The van der Waals surface area contributed by atoms with Gasteiger partial charge in [-0.25, -0.2) is 13.6 Å². The fourth-order valence-corrected chi connectivity index (χ4v) is 2.29. The minimum Gasteiger partial charge on any atom is -0.465 e. The van der Waals surface area contributed by atoms with Crippen molar-refractivity contribution in [3.63, 3.8) is 0 Å². The summed E-state index contributed by atoms with van der Waals surface area (Å²) in [5.74, 6) is -2.18. The third-order valence-electron chi connectivity index (χ3n) is 3.38. The van der Waals surface area contributed by atoms with Crippen LogP contribution >= 0.6 is 11.6 Å². The Morgan fingerprint density at radius 1 is 1.11 bits per heavy atom. The van der Waals surface area contributed by atoms with Gasteiger partial charge in [-0.15, -0.1) is 5.10 Å². The number of anilines is 4. The molecule has 7 nitrogen and oxygen atoms in total. The van der Waals surface area contributed by atoms with Crippen LogP contribution in [0.1, 0.15) is 10.4 Å². The second kappa shape index (κ2) is 7.92. The van der Waals surface area contributed by atoms with Gasteiger partial charge in [-0.1, -0.05) is 11.6 Å². The zero-order chi connectivity index (χ0) is 19.4. The topological polar surface area (TPSA) is 89.0 Å². The molecule has 1 aromatic heterocycles. The number of ether oxygens (including phenoxy) is 1. The van der Waals surface area contributed by atoms with Crippen molar-refractivity contribution >= 4 is 40.7 Å². The number of esters is 1. The van der Waals surface area contributed by atoms with Gasteiger partial charge in [-0.05, 0) is 30.3 Å². The number of rotatable bonds is 5. The number of carbonyl (C=O) groups excluding carboxylic acids is 1. The first-order valence-corrected chi connectivity index (χ1v) is 7.91. The van der Waals surface area contributed by atoms with Crippen molar-refractivity contribution in [2.75, 3.05) is 17.7 Å². The van der Waals surface area contributed by atoms with Gasteiger partial charge in [0, 0.05) is 11.8 Å². The Morgan fingerprint density at radius 3 is 2.67 bits per heavy atom. The normalized spacial score (nSPS) is 10.4. The lowest BCUT2D eigenvalue weighted by Gasteiger charge is -2.10. The van der Waals surface area contributed by atoms with Crippen LogP contribution in [0.15, 0.2) is 42.6 Å².